The van der Waals surface area contributed by atoms with Crippen LogP contribution in [0, 0.1) is 0 Å². The van der Waals surface area contributed by atoms with E-state index in [4.69, 9.17) is 5.11 Å². The van der Waals surface area contributed by atoms with E-state index < -0.39 is 16.0 Å². The molecule has 1 aliphatic rings. The van der Waals surface area contributed by atoms with Gasteiger partial charge in [0.1, 0.15) is 0 Å². The summed E-state index contributed by atoms with van der Waals surface area (Å²) >= 11 is 0. The monoisotopic (exact) mass is 309 g/mol. The summed E-state index contributed by atoms with van der Waals surface area (Å²) in [6.45, 7) is 2.92. The van der Waals surface area contributed by atoms with Crippen LogP contribution < -0.4 is 0 Å². The maximum Gasteiger partial charge on any atom is 0.303 e. The van der Waals surface area contributed by atoms with Crippen molar-refractivity contribution in [1.82, 2.24) is 4.31 Å². The van der Waals surface area contributed by atoms with Gasteiger partial charge in [0.25, 0.3) is 0 Å². The summed E-state index contributed by atoms with van der Waals surface area (Å²) in [4.78, 5) is 10.8. The lowest BCUT2D eigenvalue weighted by molar-refractivity contribution is -0.136. The number of benzene rings is 1. The van der Waals surface area contributed by atoms with Gasteiger partial charge in [-0.25, -0.2) is 8.42 Å². The first-order valence-electron chi connectivity index (χ1n) is 6.86. The third kappa shape index (κ3) is 3.92. The highest BCUT2D eigenvalue weighted by Gasteiger charge is 2.25. The van der Waals surface area contributed by atoms with Crippen molar-refractivity contribution in [3.8, 4) is 0 Å². The Morgan fingerprint density at radius 2 is 1.95 bits per heavy atom. The molecule has 0 atom stereocenters. The molecule has 0 radical (unpaired) electrons. The molecule has 0 aromatic heterocycles. The second kappa shape index (κ2) is 6.41. The fourth-order valence-electron chi connectivity index (χ4n) is 2.20. The molecule has 0 unspecified atom stereocenters. The Morgan fingerprint density at radius 3 is 2.48 bits per heavy atom. The first kappa shape index (κ1) is 15.7. The minimum absolute atomic E-state index is 0.0439. The smallest absolute Gasteiger partial charge is 0.303 e. The van der Waals surface area contributed by atoms with E-state index in [2.05, 4.69) is 0 Å². The first-order chi connectivity index (χ1) is 9.89. The van der Waals surface area contributed by atoms with E-state index in [0.717, 1.165) is 12.0 Å². The number of aliphatic carboxylic acids is 1. The minimum Gasteiger partial charge on any atom is -0.481 e. The quantitative estimate of drug-likeness (QED) is 0.845. The lowest BCUT2D eigenvalue weighted by atomic mass is 10.1. The van der Waals surface area contributed by atoms with Crippen molar-refractivity contribution in [3.05, 3.63) is 41.5 Å². The van der Waals surface area contributed by atoms with Gasteiger partial charge < -0.3 is 5.11 Å². The molecule has 0 bridgehead atoms. The summed E-state index contributed by atoms with van der Waals surface area (Å²) in [5, 5.41) is 8.64. The molecule has 0 saturated carbocycles. The molecule has 1 aliphatic heterocycles. The van der Waals surface area contributed by atoms with Crippen molar-refractivity contribution in [2.45, 2.75) is 31.1 Å². The summed E-state index contributed by atoms with van der Waals surface area (Å²) < 4.78 is 26.4. The first-order valence-corrected chi connectivity index (χ1v) is 8.30. The number of sulfonamides is 1. The number of aryl methyl sites for hydroxylation is 1. The second-order valence-corrected chi connectivity index (χ2v) is 7.14. The highest BCUT2D eigenvalue weighted by atomic mass is 32.2. The zero-order valence-corrected chi connectivity index (χ0v) is 12.8. The van der Waals surface area contributed by atoms with Gasteiger partial charge in [0.15, 0.2) is 0 Å². The Morgan fingerprint density at radius 1 is 1.29 bits per heavy atom. The Balaban J connectivity index is 2.12. The minimum atomic E-state index is -3.46. The van der Waals surface area contributed by atoms with Gasteiger partial charge in [-0.2, -0.15) is 4.31 Å². The molecule has 2 rings (SSSR count). The van der Waals surface area contributed by atoms with Crippen molar-refractivity contribution in [2.24, 2.45) is 0 Å². The van der Waals surface area contributed by atoms with Gasteiger partial charge in [-0.15, -0.1) is 0 Å². The van der Waals surface area contributed by atoms with Crippen LogP contribution in [0.5, 0.6) is 0 Å². The maximum atomic E-state index is 12.5. The van der Waals surface area contributed by atoms with Gasteiger partial charge in [-0.05, 0) is 37.5 Å². The van der Waals surface area contributed by atoms with Crippen molar-refractivity contribution in [2.75, 3.05) is 13.1 Å². The number of carboxylic acids is 1. The van der Waals surface area contributed by atoms with E-state index in [9.17, 15) is 13.2 Å². The van der Waals surface area contributed by atoms with Crippen LogP contribution in [0.2, 0.25) is 0 Å². The van der Waals surface area contributed by atoms with Crippen molar-refractivity contribution >= 4 is 16.0 Å². The fourth-order valence-corrected chi connectivity index (χ4v) is 3.58. The molecule has 5 nitrogen and oxygen atoms in total. The summed E-state index contributed by atoms with van der Waals surface area (Å²) in [5.41, 5.74) is 2.04. The normalized spacial score (nSPS) is 16.5. The number of nitrogens with zero attached hydrogens (tertiary/aromatic N) is 1. The number of hydrogen-bond donors (Lipinski definition) is 1. The predicted molar refractivity (Wildman–Crippen MR) is 79.5 cm³/mol. The zero-order valence-electron chi connectivity index (χ0n) is 11.9. The topological polar surface area (TPSA) is 74.7 Å². The molecular formula is C15H19NO4S. The van der Waals surface area contributed by atoms with Crippen molar-refractivity contribution in [1.29, 1.82) is 0 Å². The summed E-state index contributed by atoms with van der Waals surface area (Å²) in [7, 11) is -3.46. The van der Waals surface area contributed by atoms with Crippen LogP contribution in [0.1, 0.15) is 25.3 Å². The van der Waals surface area contributed by atoms with Crippen LogP contribution in [-0.2, 0) is 21.2 Å². The Labute approximate surface area is 124 Å². The predicted octanol–water partition coefficient (Wildman–Crippen LogP) is 2.04. The van der Waals surface area contributed by atoms with Crippen LogP contribution in [0.25, 0.3) is 0 Å². The molecule has 1 aromatic rings. The average molecular weight is 309 g/mol. The lowest BCUT2D eigenvalue weighted by Gasteiger charge is -2.24. The molecule has 21 heavy (non-hydrogen) atoms. The van der Waals surface area contributed by atoms with Gasteiger partial charge in [0, 0.05) is 19.5 Å². The number of hydrogen-bond acceptors (Lipinski definition) is 3. The average Bonchev–Trinajstić information content (AvgIpc) is 2.46. The van der Waals surface area contributed by atoms with Crippen LogP contribution >= 0.6 is 0 Å². The maximum absolute atomic E-state index is 12.5. The molecule has 0 saturated heterocycles. The van der Waals surface area contributed by atoms with Gasteiger partial charge >= 0.3 is 5.97 Å². The Kier molecular flexibility index (Phi) is 4.80. The molecular weight excluding hydrogens is 290 g/mol. The number of carbonyl (C=O) groups is 1. The molecule has 1 heterocycles. The molecule has 0 amide bonds. The SMILES string of the molecule is CC1=CCN(S(=O)(=O)c2ccc(CCC(=O)O)cc2)CC1. The van der Waals surface area contributed by atoms with E-state index in [1.807, 2.05) is 13.0 Å². The molecule has 0 fully saturated rings. The summed E-state index contributed by atoms with van der Waals surface area (Å²) in [6, 6.07) is 6.47. The standard InChI is InChI=1S/C15H19NO4S/c1-12-8-10-16(11-9-12)21(19,20)14-5-2-13(3-6-14)4-7-15(17)18/h2-3,5-6,8H,4,7,9-11H2,1H3,(H,17,18). The van der Waals surface area contributed by atoms with Crippen molar-refractivity contribution < 1.29 is 18.3 Å². The van der Waals surface area contributed by atoms with E-state index in [-0.39, 0.29) is 11.3 Å². The summed E-state index contributed by atoms with van der Waals surface area (Å²) in [5.74, 6) is -0.859. The largest absolute Gasteiger partial charge is 0.481 e. The zero-order chi connectivity index (χ0) is 15.5. The molecule has 6 heteroatoms. The van der Waals surface area contributed by atoms with Crippen LogP contribution in [0.4, 0.5) is 0 Å². The Bertz CT molecular complexity index is 647. The van der Waals surface area contributed by atoms with Gasteiger partial charge in [-0.3, -0.25) is 4.79 Å². The van der Waals surface area contributed by atoms with E-state index in [1.54, 1.807) is 24.3 Å². The van der Waals surface area contributed by atoms with Crippen LogP contribution in [0.15, 0.2) is 40.8 Å². The van der Waals surface area contributed by atoms with Crippen LogP contribution in [0.3, 0.4) is 0 Å². The van der Waals surface area contributed by atoms with Crippen LogP contribution in [-0.4, -0.2) is 36.9 Å². The van der Waals surface area contributed by atoms with Gasteiger partial charge in [-0.1, -0.05) is 23.8 Å². The number of rotatable bonds is 5. The van der Waals surface area contributed by atoms with Gasteiger partial charge in [0.2, 0.25) is 10.0 Å². The fraction of sp³-hybridized carbons (Fsp3) is 0.400. The van der Waals surface area contributed by atoms with E-state index in [1.165, 1.54) is 9.88 Å². The van der Waals surface area contributed by atoms with Gasteiger partial charge in [0.05, 0.1) is 4.90 Å². The molecule has 1 N–H and O–H groups in total. The molecule has 114 valence electrons. The second-order valence-electron chi connectivity index (χ2n) is 5.20. The highest BCUT2D eigenvalue weighted by molar-refractivity contribution is 7.89. The van der Waals surface area contributed by atoms with E-state index in [0.29, 0.717) is 19.5 Å². The number of carboxylic acid groups (broad SMARTS) is 1. The third-order valence-corrected chi connectivity index (χ3v) is 5.47. The molecule has 0 spiro atoms. The summed E-state index contributed by atoms with van der Waals surface area (Å²) in [6.07, 6.45) is 3.14. The van der Waals surface area contributed by atoms with Crippen molar-refractivity contribution in [3.63, 3.8) is 0 Å². The third-order valence-electron chi connectivity index (χ3n) is 3.59. The van der Waals surface area contributed by atoms with E-state index >= 15 is 0 Å². The molecule has 0 aliphatic carbocycles. The lowest BCUT2D eigenvalue weighted by Crippen LogP contribution is -2.34. The highest BCUT2D eigenvalue weighted by Crippen LogP contribution is 2.21. The molecule has 1 aromatic carbocycles. The Hall–Kier alpha value is -1.66.